The third-order valence-electron chi connectivity index (χ3n) is 8.46. The van der Waals surface area contributed by atoms with Crippen molar-refractivity contribution in [3.05, 3.63) is 12.2 Å². The maximum absolute atomic E-state index is 12.3. The van der Waals surface area contributed by atoms with Gasteiger partial charge in [0, 0.05) is 12.8 Å². The topological polar surface area (TPSA) is 132 Å². The Hall–Kier alpha value is -1.25. The van der Waals surface area contributed by atoms with E-state index in [0.717, 1.165) is 64.2 Å². The fourth-order valence-corrected chi connectivity index (χ4v) is 5.92. The monoisotopic (exact) mass is 674 g/mol. The number of esters is 2. The molecule has 2 unspecified atom stereocenters. The summed E-state index contributed by atoms with van der Waals surface area (Å²) in [5.41, 5.74) is 0. The van der Waals surface area contributed by atoms with Crippen LogP contribution in [0.1, 0.15) is 174 Å². The molecule has 0 radical (unpaired) electrons. The van der Waals surface area contributed by atoms with Gasteiger partial charge in [-0.05, 0) is 38.5 Å². The molecule has 270 valence electrons. The second-order valence-corrected chi connectivity index (χ2v) is 14.2. The molecule has 0 aromatic carbocycles. The van der Waals surface area contributed by atoms with Gasteiger partial charge in [0.15, 0.2) is 6.10 Å². The summed E-state index contributed by atoms with van der Waals surface area (Å²) in [7, 11) is -4.75. The van der Waals surface area contributed by atoms with Gasteiger partial charge in [0.1, 0.15) is 6.61 Å². The minimum Gasteiger partial charge on any atom is -0.462 e. The number of phosphoric ester groups is 1. The molecule has 0 saturated carbocycles. The molecule has 9 nitrogen and oxygen atoms in total. The lowest BCUT2D eigenvalue weighted by molar-refractivity contribution is -0.161. The van der Waals surface area contributed by atoms with Crippen LogP contribution < -0.4 is 0 Å². The van der Waals surface area contributed by atoms with Crippen molar-refractivity contribution in [3.8, 4) is 0 Å². The van der Waals surface area contributed by atoms with Crippen LogP contribution in [-0.4, -0.2) is 53.3 Å². The molecule has 1 heterocycles. The molecule has 1 rings (SSSR count). The first-order chi connectivity index (χ1) is 22.2. The molecule has 1 aliphatic rings. The summed E-state index contributed by atoms with van der Waals surface area (Å²) in [6, 6.07) is 0. The average molecular weight is 675 g/mol. The summed E-state index contributed by atoms with van der Waals surface area (Å²) in [5.74, 6) is -0.903. The number of ether oxygens (including phenoxy) is 3. The summed E-state index contributed by atoms with van der Waals surface area (Å²) in [4.78, 5) is 42.7. The Morgan fingerprint density at radius 3 is 1.78 bits per heavy atom. The highest BCUT2D eigenvalue weighted by Gasteiger charge is 2.36. The molecule has 1 fully saturated rings. The molecule has 0 aliphatic carbocycles. The van der Waals surface area contributed by atoms with Gasteiger partial charge in [-0.25, -0.2) is 4.57 Å². The largest absolute Gasteiger partial charge is 0.469 e. The minimum atomic E-state index is -4.75. The summed E-state index contributed by atoms with van der Waals surface area (Å²) in [6.07, 6.45) is 30.9. The van der Waals surface area contributed by atoms with Crippen molar-refractivity contribution in [2.24, 2.45) is 0 Å². The standard InChI is InChI=1S/C36H67O9P/c1-3-5-7-9-11-12-13-14-15-16-20-25-29-36(38)44-32(31-43-46(39,40)41)30-42-35(37)28-24-21-17-19-23-27-34-33(45-34)26-22-18-10-8-6-4-2/h18,22,32-34H,3-17,19-21,23-31H2,1-2H3,(H2,39,40,41)/b22-18-/t32-,33?,34?/m1/s1. The van der Waals surface area contributed by atoms with Crippen molar-refractivity contribution >= 4 is 19.8 Å². The maximum atomic E-state index is 12.3. The lowest BCUT2D eigenvalue weighted by Gasteiger charge is -2.18. The van der Waals surface area contributed by atoms with E-state index in [2.05, 4.69) is 30.5 Å². The van der Waals surface area contributed by atoms with Crippen molar-refractivity contribution in [2.75, 3.05) is 13.2 Å². The minimum absolute atomic E-state index is 0.210. The molecule has 0 amide bonds. The quantitative estimate of drug-likeness (QED) is 0.0230. The maximum Gasteiger partial charge on any atom is 0.469 e. The Morgan fingerprint density at radius 1 is 0.674 bits per heavy atom. The highest BCUT2D eigenvalue weighted by Crippen LogP contribution is 2.36. The van der Waals surface area contributed by atoms with E-state index >= 15 is 0 Å². The predicted octanol–water partition coefficient (Wildman–Crippen LogP) is 9.67. The second-order valence-electron chi connectivity index (χ2n) is 12.9. The van der Waals surface area contributed by atoms with Gasteiger partial charge in [0.25, 0.3) is 0 Å². The Bertz CT molecular complexity index is 828. The van der Waals surface area contributed by atoms with Crippen LogP contribution in [0.3, 0.4) is 0 Å². The normalized spacial score (nSPS) is 17.0. The van der Waals surface area contributed by atoms with Gasteiger partial charge in [-0.3, -0.25) is 14.1 Å². The predicted molar refractivity (Wildman–Crippen MR) is 183 cm³/mol. The molecule has 10 heteroatoms. The van der Waals surface area contributed by atoms with E-state index in [0.29, 0.717) is 25.0 Å². The number of carbonyl (C=O) groups is 2. The number of rotatable bonds is 33. The van der Waals surface area contributed by atoms with Crippen LogP contribution in [0.25, 0.3) is 0 Å². The summed E-state index contributed by atoms with van der Waals surface area (Å²) < 4.78 is 32.1. The molecule has 46 heavy (non-hydrogen) atoms. The van der Waals surface area contributed by atoms with Crippen molar-refractivity contribution in [3.63, 3.8) is 0 Å². The number of allylic oxidation sites excluding steroid dienone is 1. The van der Waals surface area contributed by atoms with E-state index in [1.54, 1.807) is 0 Å². The number of carbonyl (C=O) groups excluding carboxylic acids is 2. The van der Waals surface area contributed by atoms with Crippen LogP contribution >= 0.6 is 7.82 Å². The van der Waals surface area contributed by atoms with Gasteiger partial charge >= 0.3 is 19.8 Å². The molecule has 1 aliphatic heterocycles. The van der Waals surface area contributed by atoms with Gasteiger partial charge in [0.2, 0.25) is 0 Å². The summed E-state index contributed by atoms with van der Waals surface area (Å²) >= 11 is 0. The summed E-state index contributed by atoms with van der Waals surface area (Å²) in [6.45, 7) is 3.62. The van der Waals surface area contributed by atoms with E-state index < -0.39 is 32.5 Å². The first-order valence-electron chi connectivity index (χ1n) is 18.6. The van der Waals surface area contributed by atoms with Crippen LogP contribution in [0, 0.1) is 0 Å². The van der Waals surface area contributed by atoms with E-state index in [4.69, 9.17) is 24.0 Å². The molecular formula is C36H67O9P. The lowest BCUT2D eigenvalue weighted by Crippen LogP contribution is -2.29. The van der Waals surface area contributed by atoms with E-state index in [1.807, 2.05) is 0 Å². The van der Waals surface area contributed by atoms with Crippen LogP contribution in [0.4, 0.5) is 0 Å². The molecule has 3 atom stereocenters. The fraction of sp³-hybridized carbons (Fsp3) is 0.889. The molecule has 2 N–H and O–H groups in total. The van der Waals surface area contributed by atoms with E-state index in [-0.39, 0.29) is 19.4 Å². The zero-order valence-electron chi connectivity index (χ0n) is 29.2. The highest BCUT2D eigenvalue weighted by atomic mass is 31.2. The number of unbranched alkanes of at least 4 members (excludes halogenated alkanes) is 18. The third kappa shape index (κ3) is 27.8. The number of epoxide rings is 1. The Labute approximate surface area is 280 Å². The van der Waals surface area contributed by atoms with E-state index in [1.165, 1.54) is 70.6 Å². The van der Waals surface area contributed by atoms with Crippen LogP contribution in [0.5, 0.6) is 0 Å². The zero-order chi connectivity index (χ0) is 33.7. The first kappa shape index (κ1) is 42.8. The number of hydrogen-bond acceptors (Lipinski definition) is 7. The van der Waals surface area contributed by atoms with Crippen molar-refractivity contribution in [2.45, 2.75) is 193 Å². The zero-order valence-corrected chi connectivity index (χ0v) is 30.1. The Morgan fingerprint density at radius 2 is 1.20 bits per heavy atom. The van der Waals surface area contributed by atoms with Crippen LogP contribution in [-0.2, 0) is 32.9 Å². The third-order valence-corrected chi connectivity index (χ3v) is 8.94. The molecule has 0 spiro atoms. The molecule has 0 aromatic heterocycles. The molecular weight excluding hydrogens is 607 g/mol. The number of hydrogen-bond donors (Lipinski definition) is 2. The van der Waals surface area contributed by atoms with Crippen LogP contribution in [0.2, 0.25) is 0 Å². The molecule has 0 aromatic rings. The Balaban J connectivity index is 2.10. The van der Waals surface area contributed by atoms with Crippen molar-refractivity contribution in [1.82, 2.24) is 0 Å². The van der Waals surface area contributed by atoms with Crippen molar-refractivity contribution < 1.29 is 42.7 Å². The Kier molecular flexibility index (Phi) is 26.7. The van der Waals surface area contributed by atoms with E-state index in [9.17, 15) is 14.2 Å². The highest BCUT2D eigenvalue weighted by molar-refractivity contribution is 7.46. The van der Waals surface area contributed by atoms with Gasteiger partial charge in [-0.15, -0.1) is 0 Å². The van der Waals surface area contributed by atoms with Gasteiger partial charge in [0.05, 0.1) is 18.8 Å². The average Bonchev–Trinajstić information content (AvgIpc) is 3.77. The first-order valence-corrected chi connectivity index (χ1v) is 20.1. The smallest absolute Gasteiger partial charge is 0.462 e. The number of phosphoric acid groups is 1. The molecule has 1 saturated heterocycles. The summed E-state index contributed by atoms with van der Waals surface area (Å²) in [5, 5.41) is 0. The second kappa shape index (κ2) is 28.7. The van der Waals surface area contributed by atoms with Gasteiger partial charge in [-0.2, -0.15) is 0 Å². The fourth-order valence-electron chi connectivity index (χ4n) is 5.56. The SMILES string of the molecule is CCCCC/C=C\CC1OC1CCCCCCCC(=O)OC[C@H](COP(=O)(O)O)OC(=O)CCCCCCCCCCCCCC. The lowest BCUT2D eigenvalue weighted by atomic mass is 10.0. The van der Waals surface area contributed by atoms with Gasteiger partial charge in [-0.1, -0.05) is 135 Å². The molecule has 0 bridgehead atoms. The van der Waals surface area contributed by atoms with Crippen LogP contribution in [0.15, 0.2) is 12.2 Å². The van der Waals surface area contributed by atoms with Crippen molar-refractivity contribution in [1.29, 1.82) is 0 Å². The van der Waals surface area contributed by atoms with Gasteiger partial charge < -0.3 is 24.0 Å².